The fourth-order valence-electron chi connectivity index (χ4n) is 4.63. The normalized spacial score (nSPS) is 26.4. The van der Waals surface area contributed by atoms with E-state index in [0.29, 0.717) is 11.3 Å². The van der Waals surface area contributed by atoms with E-state index in [1.807, 2.05) is 4.90 Å². The molecule has 4 N–H and O–H groups in total. The van der Waals surface area contributed by atoms with Crippen molar-refractivity contribution in [2.75, 3.05) is 36.9 Å². The van der Waals surface area contributed by atoms with Crippen molar-refractivity contribution in [1.82, 2.24) is 24.6 Å². The van der Waals surface area contributed by atoms with Gasteiger partial charge in [0.25, 0.3) is 0 Å². The fourth-order valence-corrected chi connectivity index (χ4v) is 6.13. The quantitative estimate of drug-likeness (QED) is 0.218. The molecule has 14 nitrogen and oxygen atoms in total. The third-order valence-electron chi connectivity index (χ3n) is 6.92. The van der Waals surface area contributed by atoms with Crippen molar-refractivity contribution in [2.45, 2.75) is 57.3 Å². The number of halogens is 1. The lowest BCUT2D eigenvalue weighted by atomic mass is 9.98. The van der Waals surface area contributed by atoms with Gasteiger partial charge in [0.05, 0.1) is 19.5 Å². The number of fused-ring (bicyclic) bond motifs is 1. The monoisotopic (exact) mass is 593 g/mol. The van der Waals surface area contributed by atoms with E-state index in [-0.39, 0.29) is 24.0 Å². The Morgan fingerprint density at radius 1 is 1.34 bits per heavy atom. The number of anilines is 2. The van der Waals surface area contributed by atoms with Gasteiger partial charge in [0.15, 0.2) is 28.9 Å². The van der Waals surface area contributed by atoms with Crippen molar-refractivity contribution in [3.8, 4) is 5.75 Å². The summed E-state index contributed by atoms with van der Waals surface area (Å²) < 4.78 is 53.3. The van der Waals surface area contributed by atoms with Gasteiger partial charge in [-0.15, -0.1) is 0 Å². The minimum atomic E-state index is -4.26. The van der Waals surface area contributed by atoms with Crippen LogP contribution in [0.2, 0.25) is 0 Å². The van der Waals surface area contributed by atoms with E-state index < -0.39 is 50.5 Å². The highest BCUT2D eigenvalue weighted by molar-refractivity contribution is 7.52. The maximum atomic E-state index is 16.1. The molecular weight excluding hydrogens is 560 g/mol. The molecule has 2 aromatic heterocycles. The molecule has 0 aliphatic carbocycles. The number of nitrogens with one attached hydrogen (secondary N) is 1. The Bertz CT molecular complexity index is 1440. The smallest absolute Gasteiger partial charge is 0.459 e. The number of benzene rings is 1. The van der Waals surface area contributed by atoms with Crippen LogP contribution in [0.5, 0.6) is 5.75 Å². The van der Waals surface area contributed by atoms with Crippen LogP contribution in [0.1, 0.15) is 33.4 Å². The summed E-state index contributed by atoms with van der Waals surface area (Å²) in [6.07, 6.45) is -2.01. The molecule has 16 heteroatoms. The van der Waals surface area contributed by atoms with Crippen molar-refractivity contribution >= 4 is 36.6 Å². The standard InChI is InChI=1S/C25H33FN7O7P/c1-4-37-22(35)15(2)31-41(36,40-16-9-6-5-7-10-16)38-13-17-19(34)25(3,26)23(39-17)33-14-28-18-20(32-11-8-12-32)29-24(27)30-21(18)33/h5-7,9-10,14-15,17,19,23,34H,4,8,11-13H2,1-3H3,(H,31,36)(H2,27,29,30)/t15-,17+,19+,23+,25+,41?/m0/s1. The lowest BCUT2D eigenvalue weighted by Gasteiger charge is -2.32. The zero-order valence-corrected chi connectivity index (χ0v) is 23.7. The molecular formula is C25H33FN7O7P. The number of carbonyl (C=O) groups is 1. The van der Waals surface area contributed by atoms with Gasteiger partial charge in [0.2, 0.25) is 5.95 Å². The van der Waals surface area contributed by atoms with Crippen LogP contribution < -0.4 is 20.2 Å². The lowest BCUT2D eigenvalue weighted by Crippen LogP contribution is -2.41. The zero-order chi connectivity index (χ0) is 29.4. The number of nitrogens with two attached hydrogens (primary N) is 1. The van der Waals surface area contributed by atoms with Gasteiger partial charge in [-0.25, -0.2) is 13.9 Å². The Labute approximate surface area is 235 Å². The number of nitrogen functional groups attached to an aromatic ring is 1. The molecule has 0 spiro atoms. The van der Waals surface area contributed by atoms with Gasteiger partial charge >= 0.3 is 13.7 Å². The summed E-state index contributed by atoms with van der Waals surface area (Å²) in [5.41, 5.74) is 4.27. The summed E-state index contributed by atoms with van der Waals surface area (Å²) in [7, 11) is -4.26. The Kier molecular flexibility index (Phi) is 8.17. The summed E-state index contributed by atoms with van der Waals surface area (Å²) in [6.45, 7) is 5.39. The summed E-state index contributed by atoms with van der Waals surface area (Å²) in [5, 5.41) is 13.5. The number of para-hydroxylation sites is 1. The van der Waals surface area contributed by atoms with Crippen molar-refractivity contribution < 1.29 is 37.4 Å². The molecule has 1 unspecified atom stereocenters. The zero-order valence-electron chi connectivity index (χ0n) is 22.8. The van der Waals surface area contributed by atoms with Gasteiger partial charge in [-0.1, -0.05) is 18.2 Å². The van der Waals surface area contributed by atoms with Crippen LogP contribution in [-0.2, 0) is 23.4 Å². The van der Waals surface area contributed by atoms with Crippen LogP contribution in [0, 0.1) is 0 Å². The van der Waals surface area contributed by atoms with Crippen molar-refractivity contribution in [3.63, 3.8) is 0 Å². The van der Waals surface area contributed by atoms with E-state index >= 15 is 4.39 Å². The second-order valence-corrected chi connectivity index (χ2v) is 11.7. The van der Waals surface area contributed by atoms with Gasteiger partial charge in [-0.3, -0.25) is 13.9 Å². The average molecular weight is 594 g/mol. The van der Waals surface area contributed by atoms with E-state index in [1.54, 1.807) is 37.3 Å². The first kappa shape index (κ1) is 29.1. The van der Waals surface area contributed by atoms with E-state index in [2.05, 4.69) is 20.0 Å². The number of imidazole rings is 1. The third-order valence-corrected chi connectivity index (χ3v) is 8.56. The fraction of sp³-hybridized carbons (Fsp3) is 0.520. The van der Waals surface area contributed by atoms with Crippen LogP contribution in [0.25, 0.3) is 11.2 Å². The van der Waals surface area contributed by atoms with E-state index in [4.69, 9.17) is 24.3 Å². The topological polar surface area (TPSA) is 176 Å². The van der Waals surface area contributed by atoms with Crippen LogP contribution in [-0.4, -0.2) is 80.8 Å². The SMILES string of the molecule is CCOC(=O)[C@H](C)NP(=O)(OC[C@H]1O[C@@H](n2cnc3c(N4CCC4)nc(N)nc32)[C@](C)(F)[C@@H]1O)Oc1ccccc1. The van der Waals surface area contributed by atoms with E-state index in [0.717, 1.165) is 19.5 Å². The molecule has 2 saturated heterocycles. The Morgan fingerprint density at radius 3 is 2.73 bits per heavy atom. The summed E-state index contributed by atoms with van der Waals surface area (Å²) in [6, 6.07) is 7.10. The van der Waals surface area contributed by atoms with Gasteiger partial charge in [0.1, 0.15) is 24.0 Å². The predicted octanol–water partition coefficient (Wildman–Crippen LogP) is 2.35. The second-order valence-electron chi connectivity index (χ2n) is 9.99. The summed E-state index contributed by atoms with van der Waals surface area (Å²) >= 11 is 0. The minimum absolute atomic E-state index is 0.0130. The molecule has 222 valence electrons. The Hall–Kier alpha value is -3.36. The van der Waals surface area contributed by atoms with Gasteiger partial charge in [-0.2, -0.15) is 15.1 Å². The number of aliphatic hydroxyl groups is 1. The predicted molar refractivity (Wildman–Crippen MR) is 146 cm³/mol. The van der Waals surface area contributed by atoms with Crippen LogP contribution >= 0.6 is 7.75 Å². The highest BCUT2D eigenvalue weighted by Crippen LogP contribution is 2.48. The molecule has 0 bridgehead atoms. The first-order valence-electron chi connectivity index (χ1n) is 13.2. The van der Waals surface area contributed by atoms with Crippen molar-refractivity contribution in [3.05, 3.63) is 36.7 Å². The number of hydrogen-bond acceptors (Lipinski definition) is 12. The molecule has 0 radical (unpaired) electrons. The van der Waals surface area contributed by atoms with E-state index in [1.165, 1.54) is 24.7 Å². The first-order valence-corrected chi connectivity index (χ1v) is 14.8. The van der Waals surface area contributed by atoms with Gasteiger partial charge in [-0.05, 0) is 39.3 Å². The molecule has 5 rings (SSSR count). The molecule has 0 saturated carbocycles. The molecule has 41 heavy (non-hydrogen) atoms. The first-order chi connectivity index (χ1) is 19.5. The number of aromatic nitrogens is 4. The highest BCUT2D eigenvalue weighted by atomic mass is 31.2. The Morgan fingerprint density at radius 2 is 2.07 bits per heavy atom. The number of carbonyl (C=O) groups excluding carboxylic acids is 1. The number of esters is 1. The van der Waals surface area contributed by atoms with Crippen molar-refractivity contribution in [1.29, 1.82) is 0 Å². The maximum absolute atomic E-state index is 16.1. The number of alkyl halides is 1. The average Bonchev–Trinajstić information content (AvgIpc) is 3.40. The largest absolute Gasteiger partial charge is 0.465 e. The number of ether oxygens (including phenoxy) is 2. The number of rotatable bonds is 11. The molecule has 2 fully saturated rings. The molecule has 2 aliphatic heterocycles. The molecule has 6 atom stereocenters. The molecule has 2 aliphatic rings. The lowest BCUT2D eigenvalue weighted by molar-refractivity contribution is -0.144. The summed E-state index contributed by atoms with van der Waals surface area (Å²) in [5.74, 6) is 0.0475. The summed E-state index contributed by atoms with van der Waals surface area (Å²) in [4.78, 5) is 27.1. The molecule has 1 aromatic carbocycles. The van der Waals surface area contributed by atoms with Crippen LogP contribution in [0.3, 0.4) is 0 Å². The maximum Gasteiger partial charge on any atom is 0.459 e. The van der Waals surface area contributed by atoms with Gasteiger partial charge < -0.3 is 29.7 Å². The second kappa shape index (κ2) is 11.5. The number of hydrogen-bond donors (Lipinski definition) is 3. The molecule has 4 heterocycles. The molecule has 0 amide bonds. The highest BCUT2D eigenvalue weighted by Gasteiger charge is 2.56. The molecule has 3 aromatic rings. The van der Waals surface area contributed by atoms with Crippen molar-refractivity contribution in [2.24, 2.45) is 0 Å². The van der Waals surface area contributed by atoms with Crippen LogP contribution in [0.15, 0.2) is 36.7 Å². The number of aliphatic hydroxyl groups excluding tert-OH is 1. The van der Waals surface area contributed by atoms with Crippen LogP contribution in [0.4, 0.5) is 16.2 Å². The number of nitrogens with zero attached hydrogens (tertiary/aromatic N) is 5. The Balaban J connectivity index is 1.37. The van der Waals surface area contributed by atoms with E-state index in [9.17, 15) is 14.5 Å². The third kappa shape index (κ3) is 5.86. The minimum Gasteiger partial charge on any atom is -0.465 e. The van der Waals surface area contributed by atoms with Gasteiger partial charge in [0, 0.05) is 13.1 Å².